The molecule has 2 aromatic rings. The zero-order valence-electron chi connectivity index (χ0n) is 22.7. The van der Waals surface area contributed by atoms with E-state index in [-0.39, 0.29) is 24.0 Å². The summed E-state index contributed by atoms with van der Waals surface area (Å²) in [7, 11) is 0. The average Bonchev–Trinajstić information content (AvgIpc) is 2.98. The third-order valence-corrected chi connectivity index (χ3v) is 8.10. The summed E-state index contributed by atoms with van der Waals surface area (Å²) in [6.07, 6.45) is 1.01. The lowest BCUT2D eigenvalue weighted by atomic mass is 9.85. The lowest BCUT2D eigenvalue weighted by molar-refractivity contribution is -0.137. The summed E-state index contributed by atoms with van der Waals surface area (Å²) in [5, 5.41) is 6.61. The van der Waals surface area contributed by atoms with E-state index in [9.17, 15) is 18.0 Å². The first-order chi connectivity index (χ1) is 19.4. The zero-order chi connectivity index (χ0) is 28.0. The number of hydrogen-bond acceptors (Lipinski definition) is 6. The third kappa shape index (κ3) is 7.24. The first-order valence-corrected chi connectivity index (χ1v) is 14.2. The second kappa shape index (κ2) is 13.2. The summed E-state index contributed by atoms with van der Waals surface area (Å²) in [5.41, 5.74) is 0.766. The molecular weight excluding hydrogens is 523 g/mol. The third-order valence-electron chi connectivity index (χ3n) is 8.10. The summed E-state index contributed by atoms with van der Waals surface area (Å²) < 4.78 is 50.6. The molecule has 1 aromatic heterocycles. The van der Waals surface area contributed by atoms with Crippen LogP contribution in [0.3, 0.4) is 0 Å². The molecule has 2 N–H and O–H groups in total. The molecule has 1 aromatic carbocycles. The van der Waals surface area contributed by atoms with E-state index < -0.39 is 11.7 Å². The molecule has 8 nitrogen and oxygen atoms in total. The second-order valence-corrected chi connectivity index (χ2v) is 10.7. The molecule has 0 spiro atoms. The Bertz CT molecular complexity index is 1080. The number of ether oxygens (including phenoxy) is 2. The number of nitrogens with one attached hydrogen (secondary N) is 2. The van der Waals surface area contributed by atoms with Crippen LogP contribution in [0.15, 0.2) is 42.6 Å². The van der Waals surface area contributed by atoms with Gasteiger partial charge in [0.05, 0.1) is 30.7 Å². The number of pyridine rings is 1. The summed E-state index contributed by atoms with van der Waals surface area (Å²) >= 11 is 0. The van der Waals surface area contributed by atoms with Crippen molar-refractivity contribution in [3.05, 3.63) is 53.7 Å². The van der Waals surface area contributed by atoms with Gasteiger partial charge in [0, 0.05) is 38.4 Å². The van der Waals surface area contributed by atoms with Gasteiger partial charge in [0.25, 0.3) is 0 Å². The predicted molar refractivity (Wildman–Crippen MR) is 147 cm³/mol. The molecule has 0 bridgehead atoms. The molecule has 11 heteroatoms. The largest absolute Gasteiger partial charge is 0.416 e. The summed E-state index contributed by atoms with van der Waals surface area (Å²) in [6.45, 7) is 5.67. The van der Waals surface area contributed by atoms with Crippen molar-refractivity contribution in [3.63, 3.8) is 0 Å². The highest BCUT2D eigenvalue weighted by Gasteiger charge is 2.35. The van der Waals surface area contributed by atoms with Gasteiger partial charge in [0.2, 0.25) is 0 Å². The fourth-order valence-electron chi connectivity index (χ4n) is 5.81. The smallest absolute Gasteiger partial charge is 0.381 e. The fourth-order valence-corrected chi connectivity index (χ4v) is 5.81. The van der Waals surface area contributed by atoms with Crippen LogP contribution in [0.5, 0.6) is 0 Å². The zero-order valence-corrected chi connectivity index (χ0v) is 22.7. The monoisotopic (exact) mass is 561 g/mol. The van der Waals surface area contributed by atoms with Crippen LogP contribution < -0.4 is 20.4 Å². The minimum atomic E-state index is -4.39. The number of morpholine rings is 1. The van der Waals surface area contributed by atoms with E-state index >= 15 is 0 Å². The number of hydrogen-bond donors (Lipinski definition) is 2. The van der Waals surface area contributed by atoms with Crippen molar-refractivity contribution in [2.45, 2.75) is 50.4 Å². The first kappa shape index (κ1) is 28.6. The number of urea groups is 1. The quantitative estimate of drug-likeness (QED) is 0.527. The number of benzene rings is 1. The predicted octanol–water partition coefficient (Wildman–Crippen LogP) is 4.24. The molecule has 5 rings (SSSR count). The normalized spacial score (nSPS) is 20.2. The summed E-state index contributed by atoms with van der Waals surface area (Å²) in [4.78, 5) is 22.7. The topological polar surface area (TPSA) is 79.0 Å². The van der Waals surface area contributed by atoms with Crippen molar-refractivity contribution < 1.29 is 27.4 Å². The molecule has 0 aliphatic carbocycles. The van der Waals surface area contributed by atoms with Crippen LogP contribution in [0.1, 0.15) is 36.8 Å². The van der Waals surface area contributed by atoms with E-state index in [0.717, 1.165) is 75.4 Å². The Labute approximate surface area is 233 Å². The molecule has 1 unspecified atom stereocenters. The van der Waals surface area contributed by atoms with E-state index in [1.165, 1.54) is 12.1 Å². The number of carbonyl (C=O) groups excluding carboxylic acids is 1. The molecule has 4 heterocycles. The van der Waals surface area contributed by atoms with Crippen LogP contribution in [0.2, 0.25) is 0 Å². The minimum Gasteiger partial charge on any atom is -0.381 e. The van der Waals surface area contributed by atoms with Gasteiger partial charge in [0.1, 0.15) is 5.82 Å². The van der Waals surface area contributed by atoms with Gasteiger partial charge in [-0.1, -0.05) is 12.1 Å². The lowest BCUT2D eigenvalue weighted by Crippen LogP contribution is -2.54. The Hall–Kier alpha value is -2.89. The standard InChI is InChI=1S/C29H38F3N5O3/c30-29(31,32)23-3-1-21(2-4-23)19-26(22-7-11-33-12-8-22)37(28(38)35-24-9-15-39-16-10-24)25-5-6-27(34-20-25)36-13-17-40-18-14-36/h1-6,20,22,24,26,33H,7-19H2,(H,35,38). The van der Waals surface area contributed by atoms with E-state index in [0.29, 0.717) is 38.5 Å². The maximum atomic E-state index is 14.0. The Kier molecular flexibility index (Phi) is 9.44. The van der Waals surface area contributed by atoms with Crippen LogP contribution in [0, 0.1) is 5.92 Å². The van der Waals surface area contributed by atoms with Crippen molar-refractivity contribution in [2.75, 3.05) is 62.4 Å². The number of halogens is 3. The molecule has 2 amide bonds. The van der Waals surface area contributed by atoms with E-state index in [1.54, 1.807) is 11.1 Å². The SMILES string of the molecule is O=C(NC1CCOCC1)N(c1ccc(N2CCOCC2)nc1)C(Cc1ccc(C(F)(F)F)cc1)C1CCNCC1. The Morgan fingerprint density at radius 2 is 1.68 bits per heavy atom. The van der Waals surface area contributed by atoms with Gasteiger partial charge >= 0.3 is 12.2 Å². The molecule has 3 aliphatic rings. The summed E-state index contributed by atoms with van der Waals surface area (Å²) in [5.74, 6) is 1.00. The Morgan fingerprint density at radius 3 is 2.30 bits per heavy atom. The number of piperidine rings is 1. The van der Waals surface area contributed by atoms with Crippen molar-refractivity contribution in [1.29, 1.82) is 0 Å². The van der Waals surface area contributed by atoms with Crippen molar-refractivity contribution >= 4 is 17.5 Å². The van der Waals surface area contributed by atoms with Crippen LogP contribution >= 0.6 is 0 Å². The summed E-state index contributed by atoms with van der Waals surface area (Å²) in [6, 6.07) is 8.73. The molecule has 0 saturated carbocycles. The number of amides is 2. The van der Waals surface area contributed by atoms with Gasteiger partial charge in [-0.3, -0.25) is 4.90 Å². The average molecular weight is 562 g/mol. The maximum Gasteiger partial charge on any atom is 0.416 e. The van der Waals surface area contributed by atoms with Crippen LogP contribution in [0.25, 0.3) is 0 Å². The van der Waals surface area contributed by atoms with E-state index in [2.05, 4.69) is 15.5 Å². The van der Waals surface area contributed by atoms with Crippen LogP contribution in [0.4, 0.5) is 29.5 Å². The number of rotatable bonds is 7. The van der Waals surface area contributed by atoms with Gasteiger partial charge in [-0.05, 0) is 80.9 Å². The second-order valence-electron chi connectivity index (χ2n) is 10.7. The molecule has 0 radical (unpaired) electrons. The first-order valence-electron chi connectivity index (χ1n) is 14.2. The minimum absolute atomic E-state index is 0.00377. The van der Waals surface area contributed by atoms with E-state index in [4.69, 9.17) is 14.5 Å². The number of carbonyl (C=O) groups is 1. The molecule has 3 fully saturated rings. The molecule has 3 aliphatic heterocycles. The Balaban J connectivity index is 1.45. The molecule has 218 valence electrons. The molecule has 3 saturated heterocycles. The van der Waals surface area contributed by atoms with Crippen molar-refractivity contribution in [2.24, 2.45) is 5.92 Å². The van der Waals surface area contributed by atoms with Crippen LogP contribution in [-0.4, -0.2) is 75.7 Å². The molecule has 1 atom stereocenters. The Morgan fingerprint density at radius 1 is 1.00 bits per heavy atom. The lowest BCUT2D eigenvalue weighted by Gasteiger charge is -2.40. The fraction of sp³-hybridized carbons (Fsp3) is 0.586. The van der Waals surface area contributed by atoms with Crippen LogP contribution in [-0.2, 0) is 22.1 Å². The number of aromatic nitrogens is 1. The van der Waals surface area contributed by atoms with Gasteiger partial charge in [-0.25, -0.2) is 9.78 Å². The highest BCUT2D eigenvalue weighted by molar-refractivity contribution is 5.93. The van der Waals surface area contributed by atoms with Gasteiger partial charge in [-0.15, -0.1) is 0 Å². The van der Waals surface area contributed by atoms with Crippen molar-refractivity contribution in [3.8, 4) is 0 Å². The number of alkyl halides is 3. The number of anilines is 2. The van der Waals surface area contributed by atoms with Gasteiger partial charge in [-0.2, -0.15) is 13.2 Å². The van der Waals surface area contributed by atoms with Gasteiger partial charge in [0.15, 0.2) is 0 Å². The van der Waals surface area contributed by atoms with E-state index in [1.807, 2.05) is 12.1 Å². The maximum absolute atomic E-state index is 14.0. The highest BCUT2D eigenvalue weighted by Crippen LogP contribution is 2.32. The molecule has 40 heavy (non-hydrogen) atoms. The van der Waals surface area contributed by atoms with Gasteiger partial charge < -0.3 is 25.0 Å². The highest BCUT2D eigenvalue weighted by atomic mass is 19.4. The molecular formula is C29H38F3N5O3. The van der Waals surface area contributed by atoms with Crippen molar-refractivity contribution in [1.82, 2.24) is 15.6 Å². The number of nitrogens with zero attached hydrogens (tertiary/aromatic N) is 3.